The third-order valence-corrected chi connectivity index (χ3v) is 3.78. The molecule has 6 nitrogen and oxygen atoms in total. The first-order valence-corrected chi connectivity index (χ1v) is 6.65. The van der Waals surface area contributed by atoms with Crippen LogP contribution in [0.2, 0.25) is 0 Å². The molecule has 0 radical (unpaired) electrons. The zero-order valence-electron chi connectivity index (χ0n) is 11.7. The highest BCUT2D eigenvalue weighted by Gasteiger charge is 2.15. The van der Waals surface area contributed by atoms with Gasteiger partial charge in [-0.2, -0.15) is 0 Å². The number of hydrogen-bond donors (Lipinski definition) is 1. The minimum Gasteiger partial charge on any atom is -0.316 e. The van der Waals surface area contributed by atoms with Gasteiger partial charge in [0.1, 0.15) is 11.3 Å². The molecule has 0 fully saturated rings. The van der Waals surface area contributed by atoms with Crippen LogP contribution >= 0.6 is 0 Å². The van der Waals surface area contributed by atoms with Gasteiger partial charge in [-0.25, -0.2) is 14.6 Å². The largest absolute Gasteiger partial charge is 0.316 e. The lowest BCUT2D eigenvalue weighted by atomic mass is 10.3. The van der Waals surface area contributed by atoms with Crippen LogP contribution in [0, 0.1) is 6.92 Å². The summed E-state index contributed by atoms with van der Waals surface area (Å²) in [4.78, 5) is 21.4. The van der Waals surface area contributed by atoms with Crippen molar-refractivity contribution < 1.29 is 0 Å². The van der Waals surface area contributed by atoms with Gasteiger partial charge in [-0.15, -0.1) is 0 Å². The van der Waals surface area contributed by atoms with Gasteiger partial charge in [0.2, 0.25) is 0 Å². The van der Waals surface area contributed by atoms with Crippen LogP contribution in [0.1, 0.15) is 5.82 Å². The second-order valence-corrected chi connectivity index (χ2v) is 5.03. The highest BCUT2D eigenvalue weighted by molar-refractivity contribution is 5.99. The van der Waals surface area contributed by atoms with E-state index >= 15 is 0 Å². The molecule has 0 aliphatic heterocycles. The summed E-state index contributed by atoms with van der Waals surface area (Å²) in [7, 11) is 1.91. The Morgan fingerprint density at radius 3 is 2.71 bits per heavy atom. The zero-order chi connectivity index (χ0) is 14.6. The predicted molar refractivity (Wildman–Crippen MR) is 80.7 cm³/mol. The third-order valence-electron chi connectivity index (χ3n) is 3.78. The van der Waals surface area contributed by atoms with Crippen LogP contribution in [0.4, 0.5) is 0 Å². The predicted octanol–water partition coefficient (Wildman–Crippen LogP) is 1.91. The van der Waals surface area contributed by atoms with Crippen molar-refractivity contribution in [3.63, 3.8) is 0 Å². The molecule has 0 amide bonds. The highest BCUT2D eigenvalue weighted by atomic mass is 16.1. The van der Waals surface area contributed by atoms with Crippen molar-refractivity contribution in [2.45, 2.75) is 6.92 Å². The van der Waals surface area contributed by atoms with Crippen LogP contribution in [0.25, 0.3) is 27.8 Å². The molecule has 21 heavy (non-hydrogen) atoms. The first-order valence-electron chi connectivity index (χ1n) is 6.65. The lowest BCUT2D eigenvalue weighted by Gasteiger charge is -1.99. The Balaban J connectivity index is 2.13. The number of rotatable bonds is 1. The Morgan fingerprint density at radius 2 is 1.95 bits per heavy atom. The number of aromatic nitrogens is 5. The van der Waals surface area contributed by atoms with Crippen LogP contribution < -0.4 is 5.56 Å². The van der Waals surface area contributed by atoms with Crippen molar-refractivity contribution in [1.29, 1.82) is 0 Å². The number of hydrogen-bond acceptors (Lipinski definition) is 3. The summed E-state index contributed by atoms with van der Waals surface area (Å²) in [5.41, 5.74) is 2.88. The number of nitrogens with one attached hydrogen (secondary N) is 1. The highest BCUT2D eigenvalue weighted by Crippen LogP contribution is 2.20. The first kappa shape index (κ1) is 11.9. The number of imidazole rings is 1. The van der Waals surface area contributed by atoms with E-state index in [0.717, 1.165) is 28.2 Å². The van der Waals surface area contributed by atoms with Crippen LogP contribution in [0.3, 0.4) is 0 Å². The maximum absolute atomic E-state index is 12.5. The second kappa shape index (κ2) is 4.05. The van der Waals surface area contributed by atoms with Gasteiger partial charge in [-0.1, -0.05) is 18.2 Å². The van der Waals surface area contributed by atoms with Crippen LogP contribution in [0.5, 0.6) is 0 Å². The molecule has 1 N–H and O–H groups in total. The second-order valence-electron chi connectivity index (χ2n) is 5.03. The SMILES string of the molecule is Cc1nc2c3[nH]n(-c4ccccc4)c(=O)c3cnc2n1C. The van der Waals surface area contributed by atoms with E-state index in [1.807, 2.05) is 48.9 Å². The maximum atomic E-state index is 12.5. The third kappa shape index (κ3) is 1.56. The Labute approximate surface area is 119 Å². The molecule has 6 heteroatoms. The van der Waals surface area contributed by atoms with Gasteiger partial charge in [0.05, 0.1) is 16.6 Å². The van der Waals surface area contributed by atoms with Crippen LogP contribution in [-0.4, -0.2) is 24.3 Å². The van der Waals surface area contributed by atoms with Gasteiger partial charge in [0, 0.05) is 13.2 Å². The summed E-state index contributed by atoms with van der Waals surface area (Å²) < 4.78 is 3.43. The summed E-state index contributed by atoms with van der Waals surface area (Å²) >= 11 is 0. The summed E-state index contributed by atoms with van der Waals surface area (Å²) in [5.74, 6) is 0.860. The van der Waals surface area contributed by atoms with Gasteiger partial charge in [-0.05, 0) is 19.1 Å². The Morgan fingerprint density at radius 1 is 1.19 bits per heavy atom. The van der Waals surface area contributed by atoms with Crippen molar-refractivity contribution in [1.82, 2.24) is 24.3 Å². The number of para-hydroxylation sites is 1. The van der Waals surface area contributed by atoms with Crippen LogP contribution in [0.15, 0.2) is 41.3 Å². The molecule has 3 heterocycles. The topological polar surface area (TPSA) is 68.5 Å². The number of fused-ring (bicyclic) bond motifs is 3. The molecule has 0 aliphatic rings. The molecule has 104 valence electrons. The Kier molecular flexibility index (Phi) is 2.29. The first-order chi connectivity index (χ1) is 10.2. The molecule has 3 aromatic heterocycles. The van der Waals surface area contributed by atoms with Crippen LogP contribution in [-0.2, 0) is 7.05 Å². The van der Waals surface area contributed by atoms with Crippen molar-refractivity contribution in [2.24, 2.45) is 7.05 Å². The molecule has 0 unspecified atom stereocenters. The van der Waals surface area contributed by atoms with E-state index in [9.17, 15) is 4.79 Å². The van der Waals surface area contributed by atoms with E-state index in [2.05, 4.69) is 15.1 Å². The number of aryl methyl sites for hydroxylation is 2. The standard InChI is InChI=1S/C15H13N5O/c1-9-17-13-12-11(8-16-14(13)19(9)2)15(21)20(18-12)10-6-4-3-5-7-10/h3-8,18H,1-2H3. The molecule has 0 saturated heterocycles. The Hall–Kier alpha value is -2.89. The summed E-state index contributed by atoms with van der Waals surface area (Å²) in [6.07, 6.45) is 1.61. The van der Waals surface area contributed by atoms with Gasteiger partial charge < -0.3 is 4.57 Å². The van der Waals surface area contributed by atoms with Gasteiger partial charge in [-0.3, -0.25) is 9.89 Å². The average Bonchev–Trinajstić information content (AvgIpc) is 2.99. The smallest absolute Gasteiger partial charge is 0.280 e. The van der Waals surface area contributed by atoms with Gasteiger partial charge in [0.25, 0.3) is 5.56 Å². The molecule has 0 atom stereocenters. The zero-order valence-corrected chi connectivity index (χ0v) is 11.7. The molecule has 0 spiro atoms. The van der Waals surface area contributed by atoms with E-state index in [0.29, 0.717) is 5.39 Å². The number of benzene rings is 1. The Bertz CT molecular complexity index is 1020. The lowest BCUT2D eigenvalue weighted by Crippen LogP contribution is -2.13. The van der Waals surface area contributed by atoms with E-state index in [1.54, 1.807) is 6.20 Å². The number of nitrogens with zero attached hydrogens (tertiary/aromatic N) is 4. The van der Waals surface area contributed by atoms with Crippen molar-refractivity contribution in [3.05, 3.63) is 52.7 Å². The van der Waals surface area contributed by atoms with E-state index in [-0.39, 0.29) is 5.56 Å². The number of aromatic amines is 1. The quantitative estimate of drug-likeness (QED) is 0.578. The van der Waals surface area contributed by atoms with E-state index < -0.39 is 0 Å². The lowest BCUT2D eigenvalue weighted by molar-refractivity contribution is 0.863. The maximum Gasteiger partial charge on any atom is 0.280 e. The molecule has 0 bridgehead atoms. The average molecular weight is 279 g/mol. The molecule has 0 saturated carbocycles. The van der Waals surface area contributed by atoms with Gasteiger partial charge >= 0.3 is 0 Å². The molecule has 0 aliphatic carbocycles. The van der Waals surface area contributed by atoms with E-state index in [1.165, 1.54) is 4.68 Å². The number of H-pyrrole nitrogens is 1. The van der Waals surface area contributed by atoms with E-state index in [4.69, 9.17) is 0 Å². The fraction of sp³-hybridized carbons (Fsp3) is 0.133. The summed E-state index contributed by atoms with van der Waals surface area (Å²) in [6.45, 7) is 1.92. The van der Waals surface area contributed by atoms with Crippen molar-refractivity contribution >= 4 is 22.1 Å². The number of pyridine rings is 1. The minimum atomic E-state index is -0.117. The van der Waals surface area contributed by atoms with Gasteiger partial charge in [0.15, 0.2) is 5.65 Å². The molecule has 1 aromatic carbocycles. The minimum absolute atomic E-state index is 0.117. The monoisotopic (exact) mass is 279 g/mol. The molecular formula is C15H13N5O. The normalized spacial score (nSPS) is 11.5. The summed E-state index contributed by atoms with van der Waals surface area (Å²) in [6, 6.07) is 9.47. The molecule has 4 rings (SSSR count). The fourth-order valence-electron chi connectivity index (χ4n) is 2.55. The summed E-state index contributed by atoms with van der Waals surface area (Å²) in [5, 5.41) is 3.70. The van der Waals surface area contributed by atoms with Crippen molar-refractivity contribution in [2.75, 3.05) is 0 Å². The van der Waals surface area contributed by atoms with Crippen molar-refractivity contribution in [3.8, 4) is 5.69 Å². The fourth-order valence-corrected chi connectivity index (χ4v) is 2.55. The molecular weight excluding hydrogens is 266 g/mol. The molecule has 4 aromatic rings.